The number of hydrogen-bond donors (Lipinski definition) is 0. The van der Waals surface area contributed by atoms with Crippen LogP contribution in [0.2, 0.25) is 5.02 Å². The van der Waals surface area contributed by atoms with Gasteiger partial charge in [-0.15, -0.1) is 0 Å². The van der Waals surface area contributed by atoms with E-state index < -0.39 is 5.97 Å². The van der Waals surface area contributed by atoms with Crippen LogP contribution in [0.3, 0.4) is 0 Å². The number of aryl methyl sites for hydroxylation is 1. The zero-order valence-corrected chi connectivity index (χ0v) is 19.5. The number of carbonyl (C=O) groups excluding carboxylic acids is 2. The van der Waals surface area contributed by atoms with E-state index >= 15 is 0 Å². The van der Waals surface area contributed by atoms with Crippen molar-refractivity contribution >= 4 is 29.4 Å². The Morgan fingerprint density at radius 1 is 1.18 bits per heavy atom. The van der Waals surface area contributed by atoms with E-state index in [0.29, 0.717) is 41.7 Å². The summed E-state index contributed by atoms with van der Waals surface area (Å²) in [4.78, 5) is 27.0. The van der Waals surface area contributed by atoms with Crippen LogP contribution in [0.1, 0.15) is 43.0 Å². The summed E-state index contributed by atoms with van der Waals surface area (Å²) in [5, 5.41) is 0.706. The molecule has 0 spiro atoms. The molecule has 0 atom stereocenters. The third kappa shape index (κ3) is 4.06. The number of Topliss-reactive ketones (excluding diaryl/α,β-unsaturated/α-hetero) is 1. The molecule has 0 aromatic heterocycles. The zero-order chi connectivity index (χ0) is 23.8. The topological polar surface area (TPSA) is 65.1 Å². The molecule has 3 aromatic rings. The first kappa shape index (κ1) is 22.2. The zero-order valence-electron chi connectivity index (χ0n) is 18.8. The van der Waals surface area contributed by atoms with Gasteiger partial charge < -0.3 is 14.2 Å². The van der Waals surface area contributed by atoms with Crippen LogP contribution >= 0.6 is 11.6 Å². The summed E-state index contributed by atoms with van der Waals surface area (Å²) in [6.07, 6.45) is 1.68. The lowest BCUT2D eigenvalue weighted by atomic mass is 9.98. The number of hydrogen-bond acceptors (Lipinski definition) is 6. The number of benzene rings is 3. The first-order chi connectivity index (χ1) is 16.4. The van der Waals surface area contributed by atoms with E-state index in [-0.39, 0.29) is 11.5 Å². The molecule has 34 heavy (non-hydrogen) atoms. The molecule has 172 valence electrons. The maximum absolute atomic E-state index is 13.2. The van der Waals surface area contributed by atoms with Crippen molar-refractivity contribution in [1.82, 2.24) is 4.90 Å². The van der Waals surface area contributed by atoms with Gasteiger partial charge in [-0.25, -0.2) is 4.79 Å². The number of allylic oxidation sites excluding steroid dienone is 1. The molecule has 0 N–H and O–H groups in total. The highest BCUT2D eigenvalue weighted by Crippen LogP contribution is 2.44. The van der Waals surface area contributed by atoms with Gasteiger partial charge in [-0.2, -0.15) is 0 Å². The van der Waals surface area contributed by atoms with Crippen molar-refractivity contribution in [1.29, 1.82) is 0 Å². The summed E-state index contributed by atoms with van der Waals surface area (Å²) < 4.78 is 16.9. The lowest BCUT2D eigenvalue weighted by Crippen LogP contribution is -2.32. The summed E-state index contributed by atoms with van der Waals surface area (Å²) in [5.74, 6) is 0.920. The average Bonchev–Trinajstić information content (AvgIpc) is 3.17. The van der Waals surface area contributed by atoms with E-state index in [9.17, 15) is 9.59 Å². The molecule has 2 heterocycles. The lowest BCUT2D eigenvalue weighted by Gasteiger charge is -2.30. The van der Waals surface area contributed by atoms with E-state index in [1.807, 2.05) is 37.3 Å². The molecule has 2 aliphatic rings. The van der Waals surface area contributed by atoms with E-state index in [1.165, 1.54) is 7.11 Å². The van der Waals surface area contributed by atoms with Gasteiger partial charge in [0.05, 0.1) is 23.8 Å². The van der Waals surface area contributed by atoms with Gasteiger partial charge in [0, 0.05) is 18.1 Å². The molecule has 5 rings (SSSR count). The summed E-state index contributed by atoms with van der Waals surface area (Å²) in [5.41, 5.74) is 4.39. The van der Waals surface area contributed by atoms with Gasteiger partial charge >= 0.3 is 5.97 Å². The minimum absolute atomic E-state index is 0.171. The molecule has 0 fully saturated rings. The highest BCUT2D eigenvalue weighted by molar-refractivity contribution is 6.31. The second kappa shape index (κ2) is 8.97. The smallest absolute Gasteiger partial charge is 0.337 e. The minimum Gasteiger partial charge on any atom is -0.478 e. The third-order valence-electron chi connectivity index (χ3n) is 5.97. The lowest BCUT2D eigenvalue weighted by molar-refractivity contribution is 0.0600. The second-order valence-corrected chi connectivity index (χ2v) is 8.69. The van der Waals surface area contributed by atoms with Crippen molar-refractivity contribution < 1.29 is 23.8 Å². The second-order valence-electron chi connectivity index (χ2n) is 8.28. The van der Waals surface area contributed by atoms with E-state index in [1.54, 1.807) is 30.3 Å². The van der Waals surface area contributed by atoms with Gasteiger partial charge in [0.25, 0.3) is 0 Å². The number of methoxy groups -OCH3 is 1. The van der Waals surface area contributed by atoms with Crippen LogP contribution < -0.4 is 9.47 Å². The molecule has 0 saturated carbocycles. The Labute approximate surface area is 202 Å². The van der Waals surface area contributed by atoms with Crippen molar-refractivity contribution in [2.75, 3.05) is 13.8 Å². The SMILES string of the molecule is COC(=O)c1ccc(/C=C2\Oc3c4c(cc(C)c3C2=O)OCN(Cc2ccccc2Cl)C4)cc1. The van der Waals surface area contributed by atoms with Crippen LogP contribution in [0.15, 0.2) is 60.4 Å². The van der Waals surface area contributed by atoms with E-state index in [0.717, 1.165) is 28.0 Å². The molecule has 2 aliphatic heterocycles. The molecule has 3 aromatic carbocycles. The van der Waals surface area contributed by atoms with Gasteiger partial charge in [-0.3, -0.25) is 9.69 Å². The van der Waals surface area contributed by atoms with Crippen LogP contribution in [0, 0.1) is 6.92 Å². The highest BCUT2D eigenvalue weighted by Gasteiger charge is 2.35. The average molecular weight is 476 g/mol. The van der Waals surface area contributed by atoms with Crippen LogP contribution in [0.5, 0.6) is 11.5 Å². The molecule has 6 nitrogen and oxygen atoms in total. The molecule has 0 aliphatic carbocycles. The molecule has 0 amide bonds. The van der Waals surface area contributed by atoms with Crippen LogP contribution in [-0.4, -0.2) is 30.5 Å². The maximum atomic E-state index is 13.2. The quantitative estimate of drug-likeness (QED) is 0.371. The molecule has 0 unspecified atom stereocenters. The van der Waals surface area contributed by atoms with Gasteiger partial charge in [0.15, 0.2) is 5.76 Å². The Kier molecular flexibility index (Phi) is 5.86. The largest absolute Gasteiger partial charge is 0.478 e. The molecule has 0 bridgehead atoms. The molecule has 0 radical (unpaired) electrons. The summed E-state index contributed by atoms with van der Waals surface area (Å²) in [6, 6.07) is 16.4. The fraction of sp³-hybridized carbons (Fsp3) is 0.185. The maximum Gasteiger partial charge on any atom is 0.337 e. The number of ether oxygens (including phenoxy) is 3. The van der Waals surface area contributed by atoms with Crippen LogP contribution in [-0.2, 0) is 17.8 Å². The molecule has 7 heteroatoms. The number of ketones is 1. The molecular weight excluding hydrogens is 454 g/mol. The van der Waals surface area contributed by atoms with Crippen molar-refractivity contribution in [3.63, 3.8) is 0 Å². The van der Waals surface area contributed by atoms with Gasteiger partial charge in [0.2, 0.25) is 5.78 Å². The molecule has 0 saturated heterocycles. The van der Waals surface area contributed by atoms with Crippen molar-refractivity contribution in [3.8, 4) is 11.5 Å². The Balaban J connectivity index is 1.43. The van der Waals surface area contributed by atoms with Crippen molar-refractivity contribution in [2.45, 2.75) is 20.0 Å². The predicted octanol–water partition coefficient (Wildman–Crippen LogP) is 5.40. The summed E-state index contributed by atoms with van der Waals surface area (Å²) in [6.45, 7) is 3.48. The number of rotatable bonds is 4. The standard InChI is InChI=1S/C27H22ClNO5/c1-16-11-22-20(14-29(15-33-22)13-19-5-3-4-6-21(19)28)26-24(16)25(30)23(34-26)12-17-7-9-18(10-8-17)27(31)32-2/h3-12H,13-15H2,1-2H3/b23-12-. The number of carbonyl (C=O) groups is 2. The third-order valence-corrected chi connectivity index (χ3v) is 6.34. The van der Waals surface area contributed by atoms with Gasteiger partial charge in [-0.05, 0) is 54.0 Å². The van der Waals surface area contributed by atoms with E-state index in [2.05, 4.69) is 4.90 Å². The van der Waals surface area contributed by atoms with E-state index in [4.69, 9.17) is 25.8 Å². The van der Waals surface area contributed by atoms with Crippen molar-refractivity contribution in [2.24, 2.45) is 0 Å². The fourth-order valence-electron chi connectivity index (χ4n) is 4.23. The normalized spacial score (nSPS) is 16.0. The Bertz CT molecular complexity index is 1330. The summed E-state index contributed by atoms with van der Waals surface area (Å²) >= 11 is 6.34. The predicted molar refractivity (Wildman–Crippen MR) is 128 cm³/mol. The van der Waals surface area contributed by atoms with Crippen molar-refractivity contribution in [3.05, 3.63) is 98.8 Å². The number of fused-ring (bicyclic) bond motifs is 3. The first-order valence-electron chi connectivity index (χ1n) is 10.8. The Morgan fingerprint density at radius 3 is 2.68 bits per heavy atom. The van der Waals surface area contributed by atoms with Gasteiger partial charge in [0.1, 0.15) is 18.2 Å². The Morgan fingerprint density at radius 2 is 1.94 bits per heavy atom. The highest BCUT2D eigenvalue weighted by atomic mass is 35.5. The minimum atomic E-state index is -0.414. The number of esters is 1. The first-order valence-corrected chi connectivity index (χ1v) is 11.2. The molecular formula is C27H22ClNO5. The monoisotopic (exact) mass is 475 g/mol. The van der Waals surface area contributed by atoms with Crippen LogP contribution in [0.4, 0.5) is 0 Å². The Hall–Kier alpha value is -3.61. The summed E-state index contributed by atoms with van der Waals surface area (Å²) in [7, 11) is 1.34. The van der Waals surface area contributed by atoms with Crippen LogP contribution in [0.25, 0.3) is 6.08 Å². The fourth-order valence-corrected chi connectivity index (χ4v) is 4.42. The number of halogens is 1. The van der Waals surface area contributed by atoms with Gasteiger partial charge in [-0.1, -0.05) is 41.9 Å². The number of nitrogens with zero attached hydrogens (tertiary/aromatic N) is 1.